The maximum Gasteiger partial charge on any atom is 0.239 e. The van der Waals surface area contributed by atoms with E-state index in [1.165, 1.54) is 4.90 Å². The van der Waals surface area contributed by atoms with Crippen LogP contribution in [-0.2, 0) is 18.3 Å². The van der Waals surface area contributed by atoms with Crippen molar-refractivity contribution >= 4 is 16.9 Å². The molecule has 1 amide bonds. The highest BCUT2D eigenvalue weighted by Gasteiger charge is 2.16. The molecule has 0 aliphatic carbocycles. The number of benzene rings is 1. The third kappa shape index (κ3) is 2.36. The van der Waals surface area contributed by atoms with Gasteiger partial charge >= 0.3 is 0 Å². The van der Waals surface area contributed by atoms with E-state index in [1.54, 1.807) is 20.4 Å². The summed E-state index contributed by atoms with van der Waals surface area (Å²) in [6.45, 7) is 0. The van der Waals surface area contributed by atoms with Gasteiger partial charge in [-0.25, -0.2) is 4.98 Å². The molecule has 0 fully saturated rings. The van der Waals surface area contributed by atoms with E-state index in [-0.39, 0.29) is 5.91 Å². The lowest BCUT2D eigenvalue weighted by atomic mass is 10.1. The second kappa shape index (κ2) is 4.78. The molecule has 2 N–H and O–H groups in total. The van der Waals surface area contributed by atoms with Crippen LogP contribution >= 0.6 is 0 Å². The summed E-state index contributed by atoms with van der Waals surface area (Å²) in [5.74, 6) is -0.0592. The predicted octanol–water partition coefficient (Wildman–Crippen LogP) is 0.531. The van der Waals surface area contributed by atoms with Gasteiger partial charge in [0, 0.05) is 21.1 Å². The fraction of sp³-hybridized carbons (Fsp3) is 0.385. The zero-order chi connectivity index (χ0) is 13.3. The fourth-order valence-electron chi connectivity index (χ4n) is 1.98. The van der Waals surface area contributed by atoms with Crippen molar-refractivity contribution in [2.45, 2.75) is 12.5 Å². The van der Waals surface area contributed by atoms with Crippen molar-refractivity contribution < 1.29 is 4.79 Å². The van der Waals surface area contributed by atoms with Crippen molar-refractivity contribution in [3.8, 4) is 0 Å². The first kappa shape index (κ1) is 12.6. The standard InChI is InChI=1S/C13H18N4O/c1-16(2)13(18)10(14)6-9-4-5-12-11(7-9)15-8-17(12)3/h4-5,7-8,10H,6,14H2,1-3H3. The Morgan fingerprint density at radius 2 is 2.22 bits per heavy atom. The van der Waals surface area contributed by atoms with Crippen molar-refractivity contribution in [1.82, 2.24) is 14.5 Å². The SMILES string of the molecule is CN(C)C(=O)C(N)Cc1ccc2c(c1)ncn2C. The van der Waals surface area contributed by atoms with Crippen molar-refractivity contribution in [2.24, 2.45) is 12.8 Å². The number of nitrogens with two attached hydrogens (primary N) is 1. The Hall–Kier alpha value is -1.88. The monoisotopic (exact) mass is 246 g/mol. The zero-order valence-corrected chi connectivity index (χ0v) is 10.9. The average molecular weight is 246 g/mol. The highest BCUT2D eigenvalue weighted by Crippen LogP contribution is 2.15. The number of amides is 1. The first-order chi connectivity index (χ1) is 8.49. The summed E-state index contributed by atoms with van der Waals surface area (Å²) >= 11 is 0. The number of aryl methyl sites for hydroxylation is 1. The summed E-state index contributed by atoms with van der Waals surface area (Å²) in [5.41, 5.74) is 8.92. The Balaban J connectivity index is 2.19. The van der Waals surface area contributed by atoms with Gasteiger partial charge in [-0.1, -0.05) is 6.07 Å². The number of carbonyl (C=O) groups excluding carboxylic acids is 1. The Labute approximate surface area is 106 Å². The van der Waals surface area contributed by atoms with E-state index in [0.29, 0.717) is 6.42 Å². The summed E-state index contributed by atoms with van der Waals surface area (Å²) in [6.07, 6.45) is 2.31. The fourth-order valence-corrected chi connectivity index (χ4v) is 1.98. The topological polar surface area (TPSA) is 64.2 Å². The zero-order valence-electron chi connectivity index (χ0n) is 10.9. The van der Waals surface area contributed by atoms with E-state index in [1.807, 2.05) is 29.8 Å². The minimum atomic E-state index is -0.499. The van der Waals surface area contributed by atoms with Crippen LogP contribution in [0.25, 0.3) is 11.0 Å². The molecule has 0 aliphatic heterocycles. The number of fused-ring (bicyclic) bond motifs is 1. The molecule has 1 aromatic heterocycles. The van der Waals surface area contributed by atoms with Crippen molar-refractivity contribution in [2.75, 3.05) is 14.1 Å². The van der Waals surface area contributed by atoms with E-state index < -0.39 is 6.04 Å². The molecular weight excluding hydrogens is 228 g/mol. The minimum Gasteiger partial charge on any atom is -0.347 e. The van der Waals surface area contributed by atoms with Gasteiger partial charge in [-0.3, -0.25) is 4.79 Å². The van der Waals surface area contributed by atoms with Gasteiger partial charge in [-0.05, 0) is 24.1 Å². The molecule has 1 heterocycles. The normalized spacial score (nSPS) is 12.7. The number of carbonyl (C=O) groups is 1. The average Bonchev–Trinajstić information content (AvgIpc) is 2.69. The van der Waals surface area contributed by atoms with Crippen molar-refractivity contribution in [3.63, 3.8) is 0 Å². The second-order valence-electron chi connectivity index (χ2n) is 4.72. The van der Waals surface area contributed by atoms with Gasteiger partial charge in [0.05, 0.1) is 23.4 Å². The molecule has 5 nitrogen and oxygen atoms in total. The summed E-state index contributed by atoms with van der Waals surface area (Å²) in [4.78, 5) is 17.5. The summed E-state index contributed by atoms with van der Waals surface area (Å²) in [6, 6.07) is 5.48. The largest absolute Gasteiger partial charge is 0.347 e. The second-order valence-corrected chi connectivity index (χ2v) is 4.72. The molecule has 18 heavy (non-hydrogen) atoms. The first-order valence-electron chi connectivity index (χ1n) is 5.85. The van der Waals surface area contributed by atoms with Gasteiger partial charge < -0.3 is 15.2 Å². The molecule has 2 aromatic rings. The molecular formula is C13H18N4O. The van der Waals surface area contributed by atoms with Gasteiger partial charge in [0.2, 0.25) is 5.91 Å². The predicted molar refractivity (Wildman–Crippen MR) is 71.1 cm³/mol. The van der Waals surface area contributed by atoms with E-state index in [0.717, 1.165) is 16.6 Å². The minimum absolute atomic E-state index is 0.0592. The molecule has 0 bridgehead atoms. The Morgan fingerprint density at radius 1 is 1.50 bits per heavy atom. The molecule has 0 saturated carbocycles. The van der Waals surface area contributed by atoms with E-state index in [4.69, 9.17) is 5.73 Å². The lowest BCUT2D eigenvalue weighted by molar-refractivity contribution is -0.130. The molecule has 1 unspecified atom stereocenters. The Kier molecular flexibility index (Phi) is 3.34. The first-order valence-corrected chi connectivity index (χ1v) is 5.85. The lowest BCUT2D eigenvalue weighted by Crippen LogP contribution is -2.41. The number of likely N-dealkylation sites (N-methyl/N-ethyl adjacent to an activating group) is 1. The number of aromatic nitrogens is 2. The third-order valence-electron chi connectivity index (χ3n) is 3.00. The van der Waals surface area contributed by atoms with Crippen molar-refractivity contribution in [1.29, 1.82) is 0 Å². The Bertz CT molecular complexity index is 573. The third-order valence-corrected chi connectivity index (χ3v) is 3.00. The van der Waals surface area contributed by atoms with E-state index in [2.05, 4.69) is 4.98 Å². The summed E-state index contributed by atoms with van der Waals surface area (Å²) in [7, 11) is 5.38. The van der Waals surface area contributed by atoms with Crippen LogP contribution in [0.2, 0.25) is 0 Å². The maximum atomic E-state index is 11.7. The molecule has 5 heteroatoms. The molecule has 2 rings (SSSR count). The smallest absolute Gasteiger partial charge is 0.239 e. The van der Waals surface area contributed by atoms with Crippen LogP contribution in [0.4, 0.5) is 0 Å². The van der Waals surface area contributed by atoms with Crippen LogP contribution in [0, 0.1) is 0 Å². The molecule has 1 atom stereocenters. The van der Waals surface area contributed by atoms with E-state index >= 15 is 0 Å². The van der Waals surface area contributed by atoms with Gasteiger partial charge in [0.15, 0.2) is 0 Å². The number of hydrogen-bond acceptors (Lipinski definition) is 3. The van der Waals surface area contributed by atoms with Crippen LogP contribution in [0.5, 0.6) is 0 Å². The molecule has 0 saturated heterocycles. The summed E-state index contributed by atoms with van der Waals surface area (Å²) in [5, 5.41) is 0. The molecule has 0 aliphatic rings. The van der Waals surface area contributed by atoms with Crippen LogP contribution in [0.3, 0.4) is 0 Å². The number of nitrogens with zero attached hydrogens (tertiary/aromatic N) is 3. The molecule has 96 valence electrons. The quantitative estimate of drug-likeness (QED) is 0.859. The summed E-state index contributed by atoms with van der Waals surface area (Å²) < 4.78 is 1.96. The highest BCUT2D eigenvalue weighted by atomic mass is 16.2. The maximum absolute atomic E-state index is 11.7. The van der Waals surface area contributed by atoms with Gasteiger partial charge in [0.25, 0.3) is 0 Å². The Morgan fingerprint density at radius 3 is 2.89 bits per heavy atom. The highest BCUT2D eigenvalue weighted by molar-refractivity contribution is 5.82. The van der Waals surface area contributed by atoms with E-state index in [9.17, 15) is 4.79 Å². The lowest BCUT2D eigenvalue weighted by Gasteiger charge is -2.16. The van der Waals surface area contributed by atoms with Gasteiger partial charge in [-0.2, -0.15) is 0 Å². The number of imidazole rings is 1. The van der Waals surface area contributed by atoms with Gasteiger partial charge in [-0.15, -0.1) is 0 Å². The van der Waals surface area contributed by atoms with Crippen LogP contribution in [-0.4, -0.2) is 40.5 Å². The molecule has 1 aromatic carbocycles. The molecule has 0 radical (unpaired) electrons. The van der Waals surface area contributed by atoms with Crippen LogP contribution < -0.4 is 5.73 Å². The molecule has 0 spiro atoms. The number of hydrogen-bond donors (Lipinski definition) is 1. The number of rotatable bonds is 3. The van der Waals surface area contributed by atoms with Crippen molar-refractivity contribution in [3.05, 3.63) is 30.1 Å². The van der Waals surface area contributed by atoms with Crippen LogP contribution in [0.1, 0.15) is 5.56 Å². The van der Waals surface area contributed by atoms with Crippen LogP contribution in [0.15, 0.2) is 24.5 Å². The van der Waals surface area contributed by atoms with Gasteiger partial charge in [0.1, 0.15) is 0 Å².